The Kier molecular flexibility index (Phi) is 5.61. The predicted octanol–water partition coefficient (Wildman–Crippen LogP) is 2.31. The van der Waals surface area contributed by atoms with Gasteiger partial charge in [-0.1, -0.05) is 19.1 Å². The van der Waals surface area contributed by atoms with E-state index >= 15 is 0 Å². The normalized spacial score (nSPS) is 22.6. The van der Waals surface area contributed by atoms with Crippen molar-refractivity contribution in [2.45, 2.75) is 38.6 Å². The van der Waals surface area contributed by atoms with Gasteiger partial charge in [0.2, 0.25) is 5.91 Å². The fourth-order valence-corrected chi connectivity index (χ4v) is 3.91. The van der Waals surface area contributed by atoms with Gasteiger partial charge >= 0.3 is 0 Å². The lowest BCUT2D eigenvalue weighted by molar-refractivity contribution is -0.136. The molecule has 1 aromatic rings. The Morgan fingerprint density at radius 2 is 1.88 bits per heavy atom. The predicted molar refractivity (Wildman–Crippen MR) is 96.4 cm³/mol. The van der Waals surface area contributed by atoms with Crippen LogP contribution in [-0.2, 0) is 4.79 Å². The molecule has 0 radical (unpaired) electrons. The maximum absolute atomic E-state index is 12.7. The second-order valence-electron chi connectivity index (χ2n) is 6.90. The monoisotopic (exact) mass is 331 g/mol. The van der Waals surface area contributed by atoms with E-state index in [2.05, 4.69) is 21.6 Å². The van der Waals surface area contributed by atoms with Gasteiger partial charge in [0.1, 0.15) is 5.75 Å². The van der Waals surface area contributed by atoms with Crippen molar-refractivity contribution in [3.63, 3.8) is 0 Å². The number of rotatable bonds is 4. The van der Waals surface area contributed by atoms with Crippen LogP contribution >= 0.6 is 0 Å². The number of anilines is 1. The van der Waals surface area contributed by atoms with E-state index in [1.807, 2.05) is 18.2 Å². The van der Waals surface area contributed by atoms with E-state index < -0.39 is 0 Å². The Balaban J connectivity index is 1.52. The zero-order chi connectivity index (χ0) is 16.9. The number of piperidine rings is 1. The van der Waals surface area contributed by atoms with Crippen LogP contribution < -0.4 is 4.90 Å². The molecule has 132 valence electrons. The molecule has 3 rings (SSSR count). The lowest BCUT2D eigenvalue weighted by atomic mass is 10.00. The molecule has 0 unspecified atom stereocenters. The molecule has 0 spiro atoms. The van der Waals surface area contributed by atoms with Crippen LogP contribution in [-0.4, -0.2) is 66.1 Å². The van der Waals surface area contributed by atoms with Gasteiger partial charge in [-0.05, 0) is 37.8 Å². The number of nitrogens with zero attached hydrogens (tertiary/aromatic N) is 3. The molecular formula is C19H29N3O2. The molecule has 5 nitrogen and oxygen atoms in total. The number of benzene rings is 1. The summed E-state index contributed by atoms with van der Waals surface area (Å²) in [6, 6.07) is 7.92. The first-order valence-corrected chi connectivity index (χ1v) is 9.24. The number of phenols is 1. The summed E-state index contributed by atoms with van der Waals surface area (Å²) in [5, 5.41) is 9.98. The summed E-state index contributed by atoms with van der Waals surface area (Å²) in [6.45, 7) is 7.07. The van der Waals surface area contributed by atoms with Crippen LogP contribution in [0.5, 0.6) is 5.75 Å². The van der Waals surface area contributed by atoms with Crippen LogP contribution in [0.4, 0.5) is 5.69 Å². The molecule has 2 fully saturated rings. The largest absolute Gasteiger partial charge is 0.506 e. The highest BCUT2D eigenvalue weighted by atomic mass is 16.3. The Labute approximate surface area is 144 Å². The molecule has 2 aliphatic heterocycles. The van der Waals surface area contributed by atoms with E-state index in [0.29, 0.717) is 18.3 Å². The highest BCUT2D eigenvalue weighted by molar-refractivity contribution is 5.78. The molecule has 1 atom stereocenters. The Morgan fingerprint density at radius 1 is 1.12 bits per heavy atom. The van der Waals surface area contributed by atoms with Crippen molar-refractivity contribution in [2.24, 2.45) is 0 Å². The summed E-state index contributed by atoms with van der Waals surface area (Å²) in [7, 11) is 0. The molecule has 24 heavy (non-hydrogen) atoms. The minimum atomic E-state index is 0.289. The third-order valence-electron chi connectivity index (χ3n) is 5.37. The van der Waals surface area contributed by atoms with Crippen LogP contribution in [0.15, 0.2) is 24.3 Å². The molecule has 0 aliphatic carbocycles. The van der Waals surface area contributed by atoms with E-state index in [4.69, 9.17) is 0 Å². The number of carbonyl (C=O) groups excluding carboxylic acids is 1. The van der Waals surface area contributed by atoms with Crippen molar-refractivity contribution >= 4 is 11.6 Å². The molecule has 2 heterocycles. The molecule has 0 aromatic heterocycles. The smallest absolute Gasteiger partial charge is 0.236 e. The van der Waals surface area contributed by atoms with Crippen LogP contribution in [0.25, 0.3) is 0 Å². The third kappa shape index (κ3) is 3.83. The van der Waals surface area contributed by atoms with Crippen molar-refractivity contribution in [1.82, 2.24) is 9.80 Å². The second-order valence-corrected chi connectivity index (χ2v) is 6.90. The topological polar surface area (TPSA) is 47.0 Å². The van der Waals surface area contributed by atoms with Gasteiger partial charge in [-0.25, -0.2) is 0 Å². The highest BCUT2D eigenvalue weighted by Gasteiger charge is 2.27. The number of aromatic hydroxyl groups is 1. The maximum Gasteiger partial charge on any atom is 0.236 e. The molecule has 1 aromatic carbocycles. The zero-order valence-corrected chi connectivity index (χ0v) is 14.7. The van der Waals surface area contributed by atoms with Crippen LogP contribution in [0.3, 0.4) is 0 Å². The number of para-hydroxylation sites is 2. The molecule has 5 heteroatoms. The Bertz CT molecular complexity index is 555. The SMILES string of the molecule is CC[C@@H]1CCCCN1C(=O)CN1CCN(c2ccccc2O)CC1. The van der Waals surface area contributed by atoms with Crippen molar-refractivity contribution in [1.29, 1.82) is 0 Å². The zero-order valence-electron chi connectivity index (χ0n) is 14.7. The summed E-state index contributed by atoms with van der Waals surface area (Å²) in [4.78, 5) is 19.2. The average Bonchev–Trinajstić information content (AvgIpc) is 2.63. The second kappa shape index (κ2) is 7.88. The van der Waals surface area contributed by atoms with Gasteiger partial charge in [-0.15, -0.1) is 0 Å². The standard InChI is InChI=1S/C19H29N3O2/c1-2-16-7-5-6-10-22(16)19(24)15-20-11-13-21(14-12-20)17-8-3-4-9-18(17)23/h3-4,8-9,16,23H,2,5-7,10-15H2,1H3/t16-/m1/s1. The van der Waals surface area contributed by atoms with Gasteiger partial charge in [-0.2, -0.15) is 0 Å². The van der Waals surface area contributed by atoms with Crippen molar-refractivity contribution in [3.8, 4) is 5.75 Å². The summed E-state index contributed by atoms with van der Waals surface area (Å²) in [6.07, 6.45) is 4.61. The molecular weight excluding hydrogens is 302 g/mol. The van der Waals surface area contributed by atoms with Crippen LogP contribution in [0.2, 0.25) is 0 Å². The van der Waals surface area contributed by atoms with Gasteiger partial charge in [0, 0.05) is 38.8 Å². The Hall–Kier alpha value is -1.75. The van der Waals surface area contributed by atoms with Crippen LogP contribution in [0.1, 0.15) is 32.6 Å². The van der Waals surface area contributed by atoms with E-state index in [-0.39, 0.29) is 5.91 Å². The molecule has 1 N–H and O–H groups in total. The van der Waals surface area contributed by atoms with E-state index in [9.17, 15) is 9.90 Å². The third-order valence-corrected chi connectivity index (χ3v) is 5.37. The van der Waals surface area contributed by atoms with Gasteiger partial charge in [0.15, 0.2) is 0 Å². The van der Waals surface area contributed by atoms with Gasteiger partial charge in [0.25, 0.3) is 0 Å². The lowest BCUT2D eigenvalue weighted by Crippen LogP contribution is -2.52. The number of carbonyl (C=O) groups is 1. The summed E-state index contributed by atoms with van der Waals surface area (Å²) in [5.74, 6) is 0.624. The molecule has 2 saturated heterocycles. The number of hydrogen-bond donors (Lipinski definition) is 1. The molecule has 2 aliphatic rings. The molecule has 1 amide bonds. The first-order chi connectivity index (χ1) is 11.7. The minimum absolute atomic E-state index is 0.289. The number of phenolic OH excluding ortho intramolecular Hbond substituents is 1. The first-order valence-electron chi connectivity index (χ1n) is 9.24. The average molecular weight is 331 g/mol. The lowest BCUT2D eigenvalue weighted by Gasteiger charge is -2.39. The maximum atomic E-state index is 12.7. The van der Waals surface area contributed by atoms with Gasteiger partial charge < -0.3 is 14.9 Å². The molecule has 0 saturated carbocycles. The van der Waals surface area contributed by atoms with Crippen molar-refractivity contribution in [3.05, 3.63) is 24.3 Å². The summed E-state index contributed by atoms with van der Waals surface area (Å²) in [5.41, 5.74) is 0.894. The Morgan fingerprint density at radius 3 is 2.58 bits per heavy atom. The number of piperazine rings is 1. The fraction of sp³-hybridized carbons (Fsp3) is 0.632. The van der Waals surface area contributed by atoms with E-state index in [1.54, 1.807) is 6.07 Å². The summed E-state index contributed by atoms with van der Waals surface area (Å²) >= 11 is 0. The number of hydrogen-bond acceptors (Lipinski definition) is 4. The van der Waals surface area contributed by atoms with Crippen molar-refractivity contribution in [2.75, 3.05) is 44.2 Å². The number of amides is 1. The van der Waals surface area contributed by atoms with Crippen LogP contribution in [0, 0.1) is 0 Å². The summed E-state index contributed by atoms with van der Waals surface area (Å²) < 4.78 is 0. The van der Waals surface area contributed by atoms with E-state index in [0.717, 1.165) is 57.7 Å². The first kappa shape index (κ1) is 17.1. The highest BCUT2D eigenvalue weighted by Crippen LogP contribution is 2.27. The molecule has 0 bridgehead atoms. The quantitative estimate of drug-likeness (QED) is 0.920. The fourth-order valence-electron chi connectivity index (χ4n) is 3.91. The van der Waals surface area contributed by atoms with Gasteiger partial charge in [-0.3, -0.25) is 9.69 Å². The van der Waals surface area contributed by atoms with Crippen molar-refractivity contribution < 1.29 is 9.90 Å². The van der Waals surface area contributed by atoms with Gasteiger partial charge in [0.05, 0.1) is 12.2 Å². The number of likely N-dealkylation sites (tertiary alicyclic amines) is 1. The minimum Gasteiger partial charge on any atom is -0.506 e. The van der Waals surface area contributed by atoms with E-state index in [1.165, 1.54) is 6.42 Å².